The van der Waals surface area contributed by atoms with Gasteiger partial charge in [0, 0.05) is 19.6 Å². The molecule has 0 aliphatic carbocycles. The maximum absolute atomic E-state index is 12.0. The number of hydrogen-bond donors (Lipinski definition) is 3. The van der Waals surface area contributed by atoms with Crippen LogP contribution in [0.2, 0.25) is 0 Å². The minimum Gasteiger partial charge on any atom is -0.388 e. The average molecular weight is 214 g/mol. The molecule has 3 unspecified atom stereocenters. The van der Waals surface area contributed by atoms with E-state index >= 15 is 0 Å². The lowest BCUT2D eigenvalue weighted by Crippen LogP contribution is -2.42. The van der Waals surface area contributed by atoms with Crippen LogP contribution in [0.4, 0.5) is 0 Å². The van der Waals surface area contributed by atoms with E-state index in [1.165, 1.54) is 0 Å². The molecule has 2 aliphatic rings. The number of amides is 1. The molecule has 3 N–H and O–H groups in total. The summed E-state index contributed by atoms with van der Waals surface area (Å²) in [5, 5.41) is 21.9. The molecule has 2 saturated heterocycles. The molecule has 0 bridgehead atoms. The zero-order valence-corrected chi connectivity index (χ0v) is 8.72. The normalized spacial score (nSPS) is 36.9. The summed E-state index contributed by atoms with van der Waals surface area (Å²) >= 11 is 0. The lowest BCUT2D eigenvalue weighted by Gasteiger charge is -2.26. The number of likely N-dealkylation sites (tertiary alicyclic amines) is 1. The first-order chi connectivity index (χ1) is 7.18. The predicted octanol–water partition coefficient (Wildman–Crippen LogP) is -1.45. The number of β-amino-alcohol motifs (C(OH)–C–C–N with tert-alkyl or cyclic N) is 2. The SMILES string of the molecule is O=C(C1CCCNC1)N1CC(O)C(O)C1. The Balaban J connectivity index is 1.90. The Hall–Kier alpha value is -0.650. The van der Waals surface area contributed by atoms with E-state index in [4.69, 9.17) is 0 Å². The van der Waals surface area contributed by atoms with Crippen LogP contribution < -0.4 is 5.32 Å². The van der Waals surface area contributed by atoms with Gasteiger partial charge >= 0.3 is 0 Å². The van der Waals surface area contributed by atoms with Gasteiger partial charge in [-0.1, -0.05) is 0 Å². The van der Waals surface area contributed by atoms with Gasteiger partial charge in [-0.25, -0.2) is 0 Å². The molecule has 5 nitrogen and oxygen atoms in total. The van der Waals surface area contributed by atoms with E-state index in [2.05, 4.69) is 5.32 Å². The summed E-state index contributed by atoms with van der Waals surface area (Å²) in [6, 6.07) is 0. The molecule has 2 fully saturated rings. The number of hydrogen-bond acceptors (Lipinski definition) is 4. The smallest absolute Gasteiger partial charge is 0.227 e. The fraction of sp³-hybridized carbons (Fsp3) is 0.900. The molecule has 0 saturated carbocycles. The topological polar surface area (TPSA) is 72.8 Å². The molecule has 86 valence electrons. The molecule has 0 spiro atoms. The van der Waals surface area contributed by atoms with E-state index in [1.807, 2.05) is 0 Å². The highest BCUT2D eigenvalue weighted by atomic mass is 16.3. The molecular weight excluding hydrogens is 196 g/mol. The number of carbonyl (C=O) groups excluding carboxylic acids is 1. The Morgan fingerprint density at radius 2 is 1.93 bits per heavy atom. The Bertz CT molecular complexity index is 231. The molecule has 0 aromatic heterocycles. The summed E-state index contributed by atoms with van der Waals surface area (Å²) in [6.07, 6.45) is 0.389. The van der Waals surface area contributed by atoms with Gasteiger partial charge in [-0.3, -0.25) is 4.79 Å². The summed E-state index contributed by atoms with van der Waals surface area (Å²) in [5.41, 5.74) is 0. The van der Waals surface area contributed by atoms with Crippen molar-refractivity contribution >= 4 is 5.91 Å². The lowest BCUT2D eigenvalue weighted by molar-refractivity contribution is -0.135. The second kappa shape index (κ2) is 4.47. The van der Waals surface area contributed by atoms with Gasteiger partial charge in [-0.15, -0.1) is 0 Å². The largest absolute Gasteiger partial charge is 0.388 e. The third-order valence-electron chi connectivity index (χ3n) is 3.22. The number of piperidine rings is 1. The van der Waals surface area contributed by atoms with Crippen molar-refractivity contribution in [3.63, 3.8) is 0 Å². The molecule has 0 aromatic carbocycles. The predicted molar refractivity (Wildman–Crippen MR) is 54.2 cm³/mol. The van der Waals surface area contributed by atoms with E-state index < -0.39 is 12.2 Å². The molecule has 2 rings (SSSR count). The Morgan fingerprint density at radius 3 is 2.47 bits per heavy atom. The fourth-order valence-corrected chi connectivity index (χ4v) is 2.27. The zero-order chi connectivity index (χ0) is 10.8. The number of aliphatic hydroxyl groups is 2. The Morgan fingerprint density at radius 1 is 1.27 bits per heavy atom. The molecule has 15 heavy (non-hydrogen) atoms. The van der Waals surface area contributed by atoms with Gasteiger partial charge < -0.3 is 20.4 Å². The monoisotopic (exact) mass is 214 g/mol. The highest BCUT2D eigenvalue weighted by molar-refractivity contribution is 5.79. The van der Waals surface area contributed by atoms with Crippen LogP contribution in [-0.4, -0.2) is 59.4 Å². The van der Waals surface area contributed by atoms with Crippen molar-refractivity contribution < 1.29 is 15.0 Å². The first kappa shape index (κ1) is 10.9. The van der Waals surface area contributed by atoms with Crippen molar-refractivity contribution in [2.45, 2.75) is 25.0 Å². The minimum atomic E-state index is -0.773. The summed E-state index contributed by atoms with van der Waals surface area (Å²) in [5.74, 6) is 0.0917. The van der Waals surface area contributed by atoms with Crippen LogP contribution in [0.5, 0.6) is 0 Å². The number of rotatable bonds is 1. The third kappa shape index (κ3) is 2.30. The van der Waals surface area contributed by atoms with Gasteiger partial charge in [0.05, 0.1) is 18.1 Å². The Labute approximate surface area is 89.1 Å². The molecular formula is C10H18N2O3. The van der Waals surface area contributed by atoms with Crippen LogP contribution in [0.25, 0.3) is 0 Å². The summed E-state index contributed by atoms with van der Waals surface area (Å²) in [7, 11) is 0. The first-order valence-electron chi connectivity index (χ1n) is 5.54. The van der Waals surface area contributed by atoms with Crippen molar-refractivity contribution in [1.82, 2.24) is 10.2 Å². The zero-order valence-electron chi connectivity index (χ0n) is 8.72. The van der Waals surface area contributed by atoms with E-state index in [9.17, 15) is 15.0 Å². The third-order valence-corrected chi connectivity index (χ3v) is 3.22. The van der Waals surface area contributed by atoms with E-state index in [-0.39, 0.29) is 24.9 Å². The van der Waals surface area contributed by atoms with Crippen LogP contribution >= 0.6 is 0 Å². The van der Waals surface area contributed by atoms with E-state index in [0.717, 1.165) is 25.9 Å². The fourth-order valence-electron chi connectivity index (χ4n) is 2.27. The maximum atomic E-state index is 12.0. The van der Waals surface area contributed by atoms with Gasteiger partial charge in [-0.05, 0) is 19.4 Å². The second-order valence-electron chi connectivity index (χ2n) is 4.42. The molecule has 5 heteroatoms. The standard InChI is InChI=1S/C10H18N2O3/c13-8-5-12(6-9(8)14)10(15)7-2-1-3-11-4-7/h7-9,11,13-14H,1-6H2. The summed E-state index contributed by atoms with van der Waals surface area (Å²) in [6.45, 7) is 2.25. The summed E-state index contributed by atoms with van der Waals surface area (Å²) in [4.78, 5) is 13.5. The molecule has 0 radical (unpaired) electrons. The number of aliphatic hydroxyl groups excluding tert-OH is 2. The van der Waals surface area contributed by atoms with E-state index in [1.54, 1.807) is 4.90 Å². The van der Waals surface area contributed by atoms with Gasteiger partial charge in [0.1, 0.15) is 0 Å². The minimum absolute atomic E-state index is 0.0243. The molecule has 3 atom stereocenters. The molecule has 0 aromatic rings. The number of carbonyl (C=O) groups is 1. The highest BCUT2D eigenvalue weighted by Gasteiger charge is 2.35. The van der Waals surface area contributed by atoms with Gasteiger partial charge in [0.15, 0.2) is 0 Å². The summed E-state index contributed by atoms with van der Waals surface area (Å²) < 4.78 is 0. The van der Waals surface area contributed by atoms with Crippen molar-refractivity contribution in [2.24, 2.45) is 5.92 Å². The van der Waals surface area contributed by atoms with Crippen molar-refractivity contribution in [1.29, 1.82) is 0 Å². The maximum Gasteiger partial charge on any atom is 0.227 e. The van der Waals surface area contributed by atoms with Gasteiger partial charge in [-0.2, -0.15) is 0 Å². The van der Waals surface area contributed by atoms with Crippen molar-refractivity contribution in [3.8, 4) is 0 Å². The van der Waals surface area contributed by atoms with Crippen LogP contribution in [0.15, 0.2) is 0 Å². The van der Waals surface area contributed by atoms with Crippen LogP contribution in [0.1, 0.15) is 12.8 Å². The Kier molecular flexibility index (Phi) is 3.23. The second-order valence-corrected chi connectivity index (χ2v) is 4.42. The lowest BCUT2D eigenvalue weighted by atomic mass is 9.98. The van der Waals surface area contributed by atoms with Crippen LogP contribution in [0.3, 0.4) is 0 Å². The van der Waals surface area contributed by atoms with Crippen LogP contribution in [0, 0.1) is 5.92 Å². The van der Waals surface area contributed by atoms with Crippen molar-refractivity contribution in [2.75, 3.05) is 26.2 Å². The van der Waals surface area contributed by atoms with Gasteiger partial charge in [0.2, 0.25) is 5.91 Å². The average Bonchev–Trinajstić information content (AvgIpc) is 2.59. The molecule has 2 aliphatic heterocycles. The number of nitrogens with one attached hydrogen (secondary N) is 1. The number of nitrogens with zero attached hydrogens (tertiary/aromatic N) is 1. The van der Waals surface area contributed by atoms with Crippen LogP contribution in [-0.2, 0) is 4.79 Å². The first-order valence-corrected chi connectivity index (χ1v) is 5.54. The van der Waals surface area contributed by atoms with Crippen molar-refractivity contribution in [3.05, 3.63) is 0 Å². The van der Waals surface area contributed by atoms with Gasteiger partial charge in [0.25, 0.3) is 0 Å². The van der Waals surface area contributed by atoms with E-state index in [0.29, 0.717) is 0 Å². The molecule has 1 amide bonds. The quantitative estimate of drug-likeness (QED) is 0.499. The highest BCUT2D eigenvalue weighted by Crippen LogP contribution is 2.18. The molecule has 2 heterocycles.